The summed E-state index contributed by atoms with van der Waals surface area (Å²) in [4.78, 5) is 8.62. The number of sulfone groups is 2. The molecule has 1 heterocycles. The van der Waals surface area contributed by atoms with Crippen LogP contribution in [0.2, 0.25) is 0 Å². The molecule has 296 valence electrons. The van der Waals surface area contributed by atoms with Crippen molar-refractivity contribution in [3.8, 4) is 11.5 Å². The second kappa shape index (κ2) is 14.9. The van der Waals surface area contributed by atoms with Crippen LogP contribution in [0.15, 0.2) is 185 Å². The fraction of sp³-hybridized carbons (Fsp3) is 0.0256. The number of hydrogen-bond acceptors (Lipinski definition) is 13. The van der Waals surface area contributed by atoms with Gasteiger partial charge < -0.3 is 10.2 Å². The van der Waals surface area contributed by atoms with E-state index in [2.05, 4.69) is 0 Å². The molecule has 6 aromatic rings. The number of phenols is 2. The number of nitrogens with zero attached hydrogens (tertiary/aromatic N) is 3. The van der Waals surface area contributed by atoms with Gasteiger partial charge in [0.05, 0.1) is 29.4 Å². The maximum absolute atomic E-state index is 14.4. The fourth-order valence-electron chi connectivity index (χ4n) is 6.18. The standard InChI is InChI=1S/C39H29N3O12S4/c43-27-15-19-29(20-16-27)55(45,46)35-13-3-1-11-33(35)37-40-38(25-7-5-9-31(23-25)57(49,50)51)42(26-8-6-10-32(24-26)58(52,53)54)39(41-37)34-12-2-4-14-36(34)56(47,48)30-21-17-28(44)18-22-30/h1-24,38,43-44H,(H,49,50,51)(H,52,53,54). The Morgan fingerprint density at radius 2 is 0.948 bits per heavy atom. The summed E-state index contributed by atoms with van der Waals surface area (Å²) in [6.07, 6.45) is -1.50. The lowest BCUT2D eigenvalue weighted by Gasteiger charge is -2.36. The van der Waals surface area contributed by atoms with E-state index in [1.165, 1.54) is 126 Å². The molecule has 1 unspecified atom stereocenters. The molecule has 6 aromatic carbocycles. The lowest BCUT2D eigenvalue weighted by atomic mass is 10.1. The highest BCUT2D eigenvalue weighted by atomic mass is 32.2. The van der Waals surface area contributed by atoms with Gasteiger partial charge >= 0.3 is 0 Å². The van der Waals surface area contributed by atoms with Crippen LogP contribution in [-0.2, 0) is 39.9 Å². The maximum Gasteiger partial charge on any atom is 0.294 e. The summed E-state index contributed by atoms with van der Waals surface area (Å²) in [5.41, 5.74) is -0.236. The maximum atomic E-state index is 14.4. The van der Waals surface area contributed by atoms with E-state index in [1.54, 1.807) is 0 Å². The van der Waals surface area contributed by atoms with E-state index in [4.69, 9.17) is 9.98 Å². The summed E-state index contributed by atoms with van der Waals surface area (Å²) in [6.45, 7) is 0. The van der Waals surface area contributed by atoms with Gasteiger partial charge in [0.15, 0.2) is 12.0 Å². The molecule has 4 N–H and O–H groups in total. The van der Waals surface area contributed by atoms with Crippen LogP contribution >= 0.6 is 0 Å². The van der Waals surface area contributed by atoms with Gasteiger partial charge in [-0.2, -0.15) is 16.8 Å². The molecule has 0 saturated carbocycles. The number of aliphatic imine (C=N–C) groups is 2. The number of benzene rings is 6. The van der Waals surface area contributed by atoms with Gasteiger partial charge in [0, 0.05) is 16.8 Å². The zero-order chi connectivity index (χ0) is 41.6. The average molecular weight is 860 g/mol. The summed E-state index contributed by atoms with van der Waals surface area (Å²) in [6, 6.07) is 30.4. The van der Waals surface area contributed by atoms with E-state index in [-0.39, 0.29) is 65.1 Å². The van der Waals surface area contributed by atoms with Gasteiger partial charge in [-0.05, 0) is 109 Å². The van der Waals surface area contributed by atoms with Crippen molar-refractivity contribution < 1.29 is 53.0 Å². The number of hydrogen-bond donors (Lipinski definition) is 4. The Bertz CT molecular complexity index is 3120. The summed E-state index contributed by atoms with van der Waals surface area (Å²) in [7, 11) is -18.5. The molecule has 0 aromatic heterocycles. The Labute approximate surface area is 332 Å². The third-order valence-corrected chi connectivity index (χ3v) is 14.3. The van der Waals surface area contributed by atoms with Crippen LogP contribution in [0.4, 0.5) is 5.69 Å². The first-order valence-electron chi connectivity index (χ1n) is 16.7. The molecule has 0 fully saturated rings. The summed E-state index contributed by atoms with van der Waals surface area (Å²) >= 11 is 0. The predicted octanol–water partition coefficient (Wildman–Crippen LogP) is 5.67. The third-order valence-electron chi connectivity index (χ3n) is 8.91. The molecule has 1 aliphatic rings. The van der Waals surface area contributed by atoms with E-state index >= 15 is 0 Å². The normalized spacial score (nSPS) is 15.1. The van der Waals surface area contributed by atoms with Crippen LogP contribution < -0.4 is 4.90 Å². The number of anilines is 1. The third kappa shape index (κ3) is 7.73. The minimum atomic E-state index is -4.84. The van der Waals surface area contributed by atoms with Crippen LogP contribution in [0.3, 0.4) is 0 Å². The van der Waals surface area contributed by atoms with Crippen molar-refractivity contribution in [2.75, 3.05) is 4.90 Å². The SMILES string of the molecule is O=S(=O)(O)c1cccc(C2N=C(c3ccccc3S(=O)(=O)c3ccc(O)cc3)N=C(c3ccccc3S(=O)(=O)c3ccc(O)cc3)N2c2cccc(S(=O)(=O)O)c2)c1. The zero-order valence-corrected chi connectivity index (χ0v) is 32.7. The summed E-state index contributed by atoms with van der Waals surface area (Å²) in [5, 5.41) is 19.7. The Morgan fingerprint density at radius 3 is 1.48 bits per heavy atom. The van der Waals surface area contributed by atoms with Gasteiger partial charge in [-0.1, -0.05) is 42.5 Å². The van der Waals surface area contributed by atoms with Gasteiger partial charge in [-0.25, -0.2) is 26.8 Å². The molecule has 58 heavy (non-hydrogen) atoms. The second-order valence-corrected chi connectivity index (χ2v) is 19.3. The largest absolute Gasteiger partial charge is 0.508 e. The molecule has 15 nitrogen and oxygen atoms in total. The number of rotatable bonds is 10. The van der Waals surface area contributed by atoms with Crippen molar-refractivity contribution in [1.29, 1.82) is 0 Å². The number of amidine groups is 2. The van der Waals surface area contributed by atoms with E-state index in [1.807, 2.05) is 0 Å². The van der Waals surface area contributed by atoms with E-state index < -0.39 is 55.9 Å². The lowest BCUT2D eigenvalue weighted by molar-refractivity contribution is 0.474. The van der Waals surface area contributed by atoms with Crippen LogP contribution in [0.5, 0.6) is 11.5 Å². The monoisotopic (exact) mass is 859 g/mol. The molecule has 0 spiro atoms. The lowest BCUT2D eigenvalue weighted by Crippen LogP contribution is -2.40. The highest BCUT2D eigenvalue weighted by molar-refractivity contribution is 7.92. The van der Waals surface area contributed by atoms with Gasteiger partial charge in [-0.3, -0.25) is 14.0 Å². The van der Waals surface area contributed by atoms with Crippen molar-refractivity contribution in [3.63, 3.8) is 0 Å². The zero-order valence-electron chi connectivity index (χ0n) is 29.5. The average Bonchev–Trinajstić information content (AvgIpc) is 3.20. The van der Waals surface area contributed by atoms with E-state index in [0.717, 1.165) is 24.3 Å². The van der Waals surface area contributed by atoms with Crippen molar-refractivity contribution in [2.24, 2.45) is 9.98 Å². The summed E-state index contributed by atoms with van der Waals surface area (Å²) < 4.78 is 127. The molecule has 0 saturated heterocycles. The first-order valence-corrected chi connectivity index (χ1v) is 22.6. The van der Waals surface area contributed by atoms with Crippen molar-refractivity contribution in [3.05, 3.63) is 162 Å². The molecule has 0 aliphatic carbocycles. The smallest absolute Gasteiger partial charge is 0.294 e. The number of aromatic hydroxyl groups is 2. The molecule has 0 bridgehead atoms. The molecule has 7 rings (SSSR count). The van der Waals surface area contributed by atoms with Crippen molar-refractivity contribution in [1.82, 2.24) is 0 Å². The van der Waals surface area contributed by atoms with E-state index in [9.17, 15) is 53.0 Å². The first kappa shape index (κ1) is 40.0. The Hall–Kier alpha value is -6.22. The van der Waals surface area contributed by atoms with Crippen LogP contribution in [0.1, 0.15) is 22.9 Å². The molecule has 0 amide bonds. The minimum Gasteiger partial charge on any atom is -0.508 e. The highest BCUT2D eigenvalue weighted by Gasteiger charge is 2.36. The van der Waals surface area contributed by atoms with Crippen LogP contribution in [-0.4, -0.2) is 64.7 Å². The van der Waals surface area contributed by atoms with Gasteiger partial charge in [-0.15, -0.1) is 0 Å². The highest BCUT2D eigenvalue weighted by Crippen LogP contribution is 2.39. The quantitative estimate of drug-likeness (QED) is 0.122. The Balaban J connectivity index is 1.57. The molecular weight excluding hydrogens is 831 g/mol. The van der Waals surface area contributed by atoms with Crippen molar-refractivity contribution >= 4 is 57.3 Å². The van der Waals surface area contributed by atoms with Gasteiger partial charge in [0.2, 0.25) is 19.7 Å². The minimum absolute atomic E-state index is 0.0232. The van der Waals surface area contributed by atoms with Crippen molar-refractivity contribution in [2.45, 2.75) is 35.5 Å². The molecular formula is C39H29N3O12S4. The Kier molecular flexibility index (Phi) is 10.3. The Morgan fingerprint density at radius 1 is 0.483 bits per heavy atom. The molecule has 1 atom stereocenters. The topological polar surface area (TPSA) is 245 Å². The fourth-order valence-corrected chi connectivity index (χ4v) is 10.2. The van der Waals surface area contributed by atoms with Crippen LogP contribution in [0, 0.1) is 0 Å². The molecule has 19 heteroatoms. The molecule has 0 radical (unpaired) electrons. The van der Waals surface area contributed by atoms with Gasteiger partial charge in [0.1, 0.15) is 17.3 Å². The number of phenolic OH excluding ortho intramolecular Hbond substituents is 2. The summed E-state index contributed by atoms with van der Waals surface area (Å²) in [5.74, 6) is -0.943. The van der Waals surface area contributed by atoms with Gasteiger partial charge in [0.25, 0.3) is 20.2 Å². The first-order chi connectivity index (χ1) is 27.4. The molecule has 1 aliphatic heterocycles. The van der Waals surface area contributed by atoms with E-state index in [0.29, 0.717) is 0 Å². The van der Waals surface area contributed by atoms with Crippen LogP contribution in [0.25, 0.3) is 0 Å². The second-order valence-electron chi connectivity index (χ2n) is 12.6. The predicted molar refractivity (Wildman–Crippen MR) is 211 cm³/mol.